The van der Waals surface area contributed by atoms with Gasteiger partial charge in [0.15, 0.2) is 0 Å². The van der Waals surface area contributed by atoms with Crippen LogP contribution in [0.4, 0.5) is 0 Å². The summed E-state index contributed by atoms with van der Waals surface area (Å²) in [6.07, 6.45) is 2.62. The van der Waals surface area contributed by atoms with Crippen molar-refractivity contribution in [3.05, 3.63) is 59.7 Å². The molecule has 1 aliphatic rings. The van der Waals surface area contributed by atoms with E-state index >= 15 is 0 Å². The third-order valence-electron chi connectivity index (χ3n) is 4.19. The predicted molar refractivity (Wildman–Crippen MR) is 88.4 cm³/mol. The second-order valence-corrected chi connectivity index (χ2v) is 6.00. The highest BCUT2D eigenvalue weighted by Gasteiger charge is 2.33. The Hall–Kier alpha value is -2.49. The normalized spacial score (nSPS) is 15.0. The van der Waals surface area contributed by atoms with Crippen LogP contribution in [0.3, 0.4) is 0 Å². The molecule has 1 fully saturated rings. The second-order valence-electron chi connectivity index (χ2n) is 6.00. The van der Waals surface area contributed by atoms with Crippen molar-refractivity contribution in [1.82, 2.24) is 5.32 Å². The number of aromatic hydroxyl groups is 1. The van der Waals surface area contributed by atoms with Crippen molar-refractivity contribution >= 4 is 5.91 Å². The van der Waals surface area contributed by atoms with Gasteiger partial charge in [-0.1, -0.05) is 24.3 Å². The van der Waals surface area contributed by atoms with Crippen molar-refractivity contribution < 1.29 is 14.6 Å². The Bertz CT molecular complexity index is 660. The minimum atomic E-state index is 0.00316. The smallest absolute Gasteiger partial charge is 0.224 e. The molecule has 2 N–H and O–H groups in total. The molecular weight excluding hydrogens is 290 g/mol. The average Bonchev–Trinajstić information content (AvgIpc) is 3.40. The molecule has 1 aliphatic carbocycles. The van der Waals surface area contributed by atoms with E-state index < -0.39 is 0 Å². The minimum Gasteiger partial charge on any atom is -0.508 e. The minimum absolute atomic E-state index is 0.00316. The molecule has 1 saturated carbocycles. The van der Waals surface area contributed by atoms with Gasteiger partial charge in [-0.15, -0.1) is 0 Å². The van der Waals surface area contributed by atoms with E-state index in [-0.39, 0.29) is 17.7 Å². The molecule has 0 spiro atoms. The van der Waals surface area contributed by atoms with Gasteiger partial charge in [0.05, 0.1) is 19.6 Å². The second kappa shape index (κ2) is 6.73. The van der Waals surface area contributed by atoms with E-state index in [4.69, 9.17) is 4.74 Å². The lowest BCUT2D eigenvalue weighted by atomic mass is 10.0. The van der Waals surface area contributed by atoms with E-state index in [1.54, 1.807) is 31.4 Å². The summed E-state index contributed by atoms with van der Waals surface area (Å²) in [5.41, 5.74) is 2.01. The highest BCUT2D eigenvalue weighted by atomic mass is 16.5. The highest BCUT2D eigenvalue weighted by molar-refractivity contribution is 5.79. The summed E-state index contributed by atoms with van der Waals surface area (Å²) in [5.74, 6) is 1.55. The van der Waals surface area contributed by atoms with E-state index in [1.807, 2.05) is 24.3 Å². The van der Waals surface area contributed by atoms with E-state index in [0.717, 1.165) is 29.7 Å². The number of carbonyl (C=O) groups excluding carboxylic acids is 1. The third kappa shape index (κ3) is 4.03. The topological polar surface area (TPSA) is 58.6 Å². The maximum Gasteiger partial charge on any atom is 0.224 e. The molecule has 0 aromatic heterocycles. The van der Waals surface area contributed by atoms with Gasteiger partial charge < -0.3 is 15.2 Å². The first-order valence-corrected chi connectivity index (χ1v) is 7.87. The van der Waals surface area contributed by atoms with Crippen molar-refractivity contribution in [2.24, 2.45) is 5.92 Å². The molecule has 1 unspecified atom stereocenters. The predicted octanol–water partition coefficient (Wildman–Crippen LogP) is 3.21. The third-order valence-corrected chi connectivity index (χ3v) is 4.19. The standard InChI is InChI=1S/C19H21NO3/c1-23-17-10-6-15(7-11-17)19(14-4-5-14)20-18(22)12-13-2-8-16(21)9-3-13/h2-3,6-11,14,19,21H,4-5,12H2,1H3,(H,20,22). The maximum atomic E-state index is 12.3. The van der Waals surface area contributed by atoms with Crippen LogP contribution in [0.5, 0.6) is 11.5 Å². The quantitative estimate of drug-likeness (QED) is 0.861. The van der Waals surface area contributed by atoms with Gasteiger partial charge in [-0.25, -0.2) is 0 Å². The molecule has 0 saturated heterocycles. The van der Waals surface area contributed by atoms with E-state index in [1.165, 1.54) is 0 Å². The highest BCUT2D eigenvalue weighted by Crippen LogP contribution is 2.41. The molecule has 4 heteroatoms. The Balaban J connectivity index is 1.66. The van der Waals surface area contributed by atoms with E-state index in [9.17, 15) is 9.90 Å². The van der Waals surface area contributed by atoms with Crippen LogP contribution in [-0.2, 0) is 11.2 Å². The largest absolute Gasteiger partial charge is 0.508 e. The molecule has 2 aromatic rings. The number of methoxy groups -OCH3 is 1. The van der Waals surface area contributed by atoms with Gasteiger partial charge in [0.2, 0.25) is 5.91 Å². The first-order chi connectivity index (χ1) is 11.2. The Labute approximate surface area is 136 Å². The van der Waals surface area contributed by atoms with E-state index in [0.29, 0.717) is 12.3 Å². The Morgan fingerprint density at radius 1 is 1.17 bits per heavy atom. The van der Waals surface area contributed by atoms with E-state index in [2.05, 4.69) is 5.32 Å². The molecule has 23 heavy (non-hydrogen) atoms. The maximum absolute atomic E-state index is 12.3. The van der Waals surface area contributed by atoms with Gasteiger partial charge in [0.1, 0.15) is 11.5 Å². The number of amides is 1. The first-order valence-electron chi connectivity index (χ1n) is 7.87. The molecule has 4 nitrogen and oxygen atoms in total. The van der Waals surface area contributed by atoms with Crippen molar-refractivity contribution in [2.75, 3.05) is 7.11 Å². The molecule has 0 bridgehead atoms. The zero-order valence-corrected chi connectivity index (χ0v) is 13.2. The number of ether oxygens (including phenoxy) is 1. The van der Waals surface area contributed by atoms with Crippen molar-refractivity contribution in [3.63, 3.8) is 0 Å². The number of benzene rings is 2. The molecule has 120 valence electrons. The molecule has 3 rings (SSSR count). The fourth-order valence-electron chi connectivity index (χ4n) is 2.74. The average molecular weight is 311 g/mol. The van der Waals surface area contributed by atoms with Crippen LogP contribution in [0.1, 0.15) is 30.0 Å². The Morgan fingerprint density at radius 3 is 2.39 bits per heavy atom. The Morgan fingerprint density at radius 2 is 1.83 bits per heavy atom. The van der Waals surface area contributed by atoms with Gasteiger partial charge in [-0.05, 0) is 54.2 Å². The molecule has 2 aromatic carbocycles. The number of hydrogen-bond donors (Lipinski definition) is 2. The number of hydrogen-bond acceptors (Lipinski definition) is 3. The van der Waals surface area contributed by atoms with Crippen LogP contribution in [0.25, 0.3) is 0 Å². The molecular formula is C19H21NO3. The molecule has 0 heterocycles. The molecule has 1 atom stereocenters. The monoisotopic (exact) mass is 311 g/mol. The summed E-state index contributed by atoms with van der Waals surface area (Å²) in [6.45, 7) is 0. The summed E-state index contributed by atoms with van der Waals surface area (Å²) in [7, 11) is 1.65. The molecule has 1 amide bonds. The van der Waals surface area contributed by atoms with Crippen LogP contribution < -0.4 is 10.1 Å². The Kier molecular flexibility index (Phi) is 4.51. The van der Waals surface area contributed by atoms with Crippen LogP contribution in [0, 0.1) is 5.92 Å². The SMILES string of the molecule is COc1ccc(C(NC(=O)Cc2ccc(O)cc2)C2CC2)cc1. The number of phenolic OH excluding ortho intramolecular Hbond substituents is 1. The van der Waals surface area contributed by atoms with Crippen molar-refractivity contribution in [3.8, 4) is 11.5 Å². The van der Waals surface area contributed by atoms with Gasteiger partial charge in [-0.2, -0.15) is 0 Å². The first kappa shape index (κ1) is 15.4. The summed E-state index contributed by atoms with van der Waals surface area (Å²) in [4.78, 5) is 12.3. The van der Waals surface area contributed by atoms with Crippen molar-refractivity contribution in [1.29, 1.82) is 0 Å². The summed E-state index contributed by atoms with van der Waals surface area (Å²) in [6, 6.07) is 14.7. The van der Waals surface area contributed by atoms with Crippen LogP contribution in [0.15, 0.2) is 48.5 Å². The number of carbonyl (C=O) groups is 1. The van der Waals surface area contributed by atoms with Crippen molar-refractivity contribution in [2.45, 2.75) is 25.3 Å². The number of phenols is 1. The van der Waals surface area contributed by atoms with Gasteiger partial charge >= 0.3 is 0 Å². The van der Waals surface area contributed by atoms with Crippen LogP contribution in [-0.4, -0.2) is 18.1 Å². The van der Waals surface area contributed by atoms with Gasteiger partial charge in [0, 0.05) is 0 Å². The lowest BCUT2D eigenvalue weighted by molar-refractivity contribution is -0.121. The number of nitrogens with one attached hydrogen (secondary N) is 1. The summed E-state index contributed by atoms with van der Waals surface area (Å²) >= 11 is 0. The van der Waals surface area contributed by atoms with Crippen LogP contribution in [0.2, 0.25) is 0 Å². The fourth-order valence-corrected chi connectivity index (χ4v) is 2.74. The summed E-state index contributed by atoms with van der Waals surface area (Å²) in [5, 5.41) is 12.5. The van der Waals surface area contributed by atoms with Gasteiger partial charge in [0.25, 0.3) is 0 Å². The zero-order valence-electron chi connectivity index (χ0n) is 13.2. The fraction of sp³-hybridized carbons (Fsp3) is 0.316. The van der Waals surface area contributed by atoms with Crippen LogP contribution >= 0.6 is 0 Å². The molecule has 0 radical (unpaired) electrons. The lowest BCUT2D eigenvalue weighted by Gasteiger charge is -2.19. The molecule has 0 aliphatic heterocycles. The zero-order chi connectivity index (χ0) is 16.2. The summed E-state index contributed by atoms with van der Waals surface area (Å²) < 4.78 is 5.19. The van der Waals surface area contributed by atoms with Gasteiger partial charge in [-0.3, -0.25) is 4.79 Å². The lowest BCUT2D eigenvalue weighted by Crippen LogP contribution is -2.31. The number of rotatable bonds is 6.